The van der Waals surface area contributed by atoms with Crippen LogP contribution in [-0.4, -0.2) is 7.05 Å². The highest BCUT2D eigenvalue weighted by Crippen LogP contribution is 2.17. The molecule has 1 aromatic carbocycles. The van der Waals surface area contributed by atoms with E-state index in [4.69, 9.17) is 0 Å². The molecule has 1 rings (SSSR count). The molecule has 1 heteroatoms. The minimum absolute atomic E-state index is 1.08. The van der Waals surface area contributed by atoms with Crippen molar-refractivity contribution in [3.8, 4) is 0 Å². The predicted molar refractivity (Wildman–Crippen MR) is 59.0 cm³/mol. The number of aryl methyl sites for hydroxylation is 1. The molecule has 0 saturated carbocycles. The number of nitrogens with zero attached hydrogens (tertiary/aromatic N) is 1. The second-order valence-electron chi connectivity index (χ2n) is 3.19. The molecule has 0 fully saturated rings. The lowest BCUT2D eigenvalue weighted by molar-refractivity contribution is 1.14. The van der Waals surface area contributed by atoms with Crippen LogP contribution in [0.2, 0.25) is 0 Å². The Labute approximate surface area is 80.7 Å². The lowest BCUT2D eigenvalue weighted by atomic mass is 10.2. The van der Waals surface area contributed by atoms with Gasteiger partial charge in [-0.25, -0.2) is 0 Å². The molecular formula is C12H17N. The van der Waals surface area contributed by atoms with E-state index < -0.39 is 0 Å². The van der Waals surface area contributed by atoms with Crippen molar-refractivity contribution in [3.63, 3.8) is 0 Å². The third kappa shape index (κ3) is 2.62. The minimum atomic E-state index is 1.08. The van der Waals surface area contributed by atoms with Gasteiger partial charge in [-0.3, -0.25) is 0 Å². The van der Waals surface area contributed by atoms with Gasteiger partial charge in [0, 0.05) is 12.7 Å². The van der Waals surface area contributed by atoms with Crippen molar-refractivity contribution in [3.05, 3.63) is 42.1 Å². The Hall–Kier alpha value is -1.24. The van der Waals surface area contributed by atoms with Crippen molar-refractivity contribution in [2.75, 3.05) is 11.9 Å². The van der Waals surface area contributed by atoms with Gasteiger partial charge >= 0.3 is 0 Å². The van der Waals surface area contributed by atoms with Crippen molar-refractivity contribution < 1.29 is 0 Å². The maximum Gasteiger partial charge on any atom is 0.0433 e. The van der Waals surface area contributed by atoms with E-state index in [2.05, 4.69) is 62.3 Å². The van der Waals surface area contributed by atoms with Crippen molar-refractivity contribution in [1.82, 2.24) is 0 Å². The second-order valence-corrected chi connectivity index (χ2v) is 3.19. The number of anilines is 1. The van der Waals surface area contributed by atoms with Crippen molar-refractivity contribution in [2.45, 2.75) is 20.3 Å². The van der Waals surface area contributed by atoms with E-state index in [1.165, 1.54) is 11.3 Å². The zero-order valence-corrected chi connectivity index (χ0v) is 8.62. The second kappa shape index (κ2) is 4.70. The zero-order chi connectivity index (χ0) is 9.68. The fraction of sp³-hybridized carbons (Fsp3) is 0.333. The van der Waals surface area contributed by atoms with Gasteiger partial charge < -0.3 is 4.90 Å². The van der Waals surface area contributed by atoms with Gasteiger partial charge in [-0.1, -0.05) is 31.2 Å². The Morgan fingerprint density at radius 1 is 1.31 bits per heavy atom. The smallest absolute Gasteiger partial charge is 0.0433 e. The van der Waals surface area contributed by atoms with E-state index in [9.17, 15) is 0 Å². The third-order valence-corrected chi connectivity index (χ3v) is 2.06. The Bertz CT molecular complexity index is 289. The van der Waals surface area contributed by atoms with Crippen LogP contribution in [0.1, 0.15) is 18.9 Å². The van der Waals surface area contributed by atoms with Gasteiger partial charge in [0.05, 0.1) is 0 Å². The van der Waals surface area contributed by atoms with E-state index >= 15 is 0 Å². The lowest BCUT2D eigenvalue weighted by Gasteiger charge is -2.16. The van der Waals surface area contributed by atoms with Crippen LogP contribution >= 0.6 is 0 Å². The number of para-hydroxylation sites is 1. The average molecular weight is 175 g/mol. The van der Waals surface area contributed by atoms with Gasteiger partial charge in [-0.05, 0) is 31.2 Å². The standard InChI is InChI=1S/C12H17N/c1-4-5-10-13(3)12-9-7-6-8-11(12)2/h5-10H,4H2,1-3H3. The van der Waals surface area contributed by atoms with Gasteiger partial charge in [0.15, 0.2) is 0 Å². The van der Waals surface area contributed by atoms with Crippen LogP contribution < -0.4 is 4.90 Å². The molecule has 0 spiro atoms. The predicted octanol–water partition coefficient (Wildman–Crippen LogP) is 3.35. The van der Waals surface area contributed by atoms with E-state index in [0.717, 1.165) is 6.42 Å². The van der Waals surface area contributed by atoms with Gasteiger partial charge in [0.25, 0.3) is 0 Å². The van der Waals surface area contributed by atoms with Crippen molar-refractivity contribution in [2.24, 2.45) is 0 Å². The van der Waals surface area contributed by atoms with Gasteiger partial charge in [0.1, 0.15) is 0 Å². The first-order valence-corrected chi connectivity index (χ1v) is 4.71. The SMILES string of the molecule is CCC=CN(C)c1ccccc1C. The van der Waals surface area contributed by atoms with Crippen LogP contribution in [-0.2, 0) is 0 Å². The fourth-order valence-electron chi connectivity index (χ4n) is 1.30. The molecule has 70 valence electrons. The highest BCUT2D eigenvalue weighted by Gasteiger charge is 1.98. The minimum Gasteiger partial charge on any atom is -0.351 e. The summed E-state index contributed by atoms with van der Waals surface area (Å²) < 4.78 is 0. The Kier molecular flexibility index (Phi) is 3.56. The molecule has 0 aliphatic carbocycles. The summed E-state index contributed by atoms with van der Waals surface area (Å²) in [6.07, 6.45) is 5.35. The molecule has 0 amide bonds. The molecule has 1 aromatic rings. The van der Waals surface area contributed by atoms with Crippen molar-refractivity contribution >= 4 is 5.69 Å². The average Bonchev–Trinajstić information content (AvgIpc) is 2.15. The number of hydrogen-bond donors (Lipinski definition) is 0. The van der Waals surface area contributed by atoms with Crippen LogP contribution in [0.15, 0.2) is 36.5 Å². The van der Waals surface area contributed by atoms with Crippen molar-refractivity contribution in [1.29, 1.82) is 0 Å². The van der Waals surface area contributed by atoms with Crippen LogP contribution in [0.3, 0.4) is 0 Å². The maximum atomic E-state index is 2.16. The van der Waals surface area contributed by atoms with Crippen LogP contribution in [0.25, 0.3) is 0 Å². The first kappa shape index (κ1) is 9.85. The number of hydrogen-bond acceptors (Lipinski definition) is 1. The summed E-state index contributed by atoms with van der Waals surface area (Å²) in [4.78, 5) is 2.15. The first-order valence-electron chi connectivity index (χ1n) is 4.71. The van der Waals surface area contributed by atoms with E-state index in [1.807, 2.05) is 0 Å². The highest BCUT2D eigenvalue weighted by atomic mass is 15.1. The normalized spacial score (nSPS) is 10.7. The molecule has 0 saturated heterocycles. The van der Waals surface area contributed by atoms with Crippen LogP contribution in [0.5, 0.6) is 0 Å². The summed E-state index contributed by atoms with van der Waals surface area (Å²) in [7, 11) is 2.08. The quantitative estimate of drug-likeness (QED) is 0.681. The molecule has 0 unspecified atom stereocenters. The van der Waals surface area contributed by atoms with Gasteiger partial charge in [-0.15, -0.1) is 0 Å². The third-order valence-electron chi connectivity index (χ3n) is 2.06. The summed E-state index contributed by atoms with van der Waals surface area (Å²) in [5.74, 6) is 0. The maximum absolute atomic E-state index is 2.16. The molecule has 1 nitrogen and oxygen atoms in total. The molecule has 0 radical (unpaired) electrons. The molecular weight excluding hydrogens is 158 g/mol. The first-order chi connectivity index (χ1) is 6.25. The van der Waals surface area contributed by atoms with Gasteiger partial charge in [-0.2, -0.15) is 0 Å². The molecule has 0 heterocycles. The Morgan fingerprint density at radius 3 is 2.62 bits per heavy atom. The molecule has 0 aliphatic heterocycles. The topological polar surface area (TPSA) is 3.24 Å². The van der Waals surface area contributed by atoms with Crippen LogP contribution in [0.4, 0.5) is 5.69 Å². The highest BCUT2D eigenvalue weighted by molar-refractivity contribution is 5.54. The molecule has 13 heavy (non-hydrogen) atoms. The van der Waals surface area contributed by atoms with E-state index in [1.54, 1.807) is 0 Å². The number of allylic oxidation sites excluding steroid dienone is 1. The lowest BCUT2D eigenvalue weighted by Crippen LogP contribution is -2.08. The molecule has 0 aromatic heterocycles. The summed E-state index contributed by atoms with van der Waals surface area (Å²) in [5.41, 5.74) is 2.58. The number of rotatable bonds is 3. The van der Waals surface area contributed by atoms with Gasteiger partial charge in [0.2, 0.25) is 0 Å². The van der Waals surface area contributed by atoms with Crippen LogP contribution in [0, 0.1) is 6.92 Å². The van der Waals surface area contributed by atoms with E-state index in [0.29, 0.717) is 0 Å². The Balaban J connectivity index is 2.82. The molecule has 0 N–H and O–H groups in total. The summed E-state index contributed by atoms with van der Waals surface area (Å²) in [6.45, 7) is 4.27. The largest absolute Gasteiger partial charge is 0.351 e. The van der Waals surface area contributed by atoms with E-state index in [-0.39, 0.29) is 0 Å². The summed E-state index contributed by atoms with van der Waals surface area (Å²) in [6, 6.07) is 8.40. The number of benzene rings is 1. The zero-order valence-electron chi connectivity index (χ0n) is 8.62. The molecule has 0 aliphatic rings. The molecule has 0 atom stereocenters. The summed E-state index contributed by atoms with van der Waals surface area (Å²) >= 11 is 0. The fourth-order valence-corrected chi connectivity index (χ4v) is 1.30. The molecule has 0 bridgehead atoms. The summed E-state index contributed by atoms with van der Waals surface area (Å²) in [5, 5.41) is 0. The monoisotopic (exact) mass is 175 g/mol. The Morgan fingerprint density at radius 2 is 2.00 bits per heavy atom.